The molecule has 7 heteroatoms. The van der Waals surface area contributed by atoms with E-state index in [1.807, 2.05) is 0 Å². The fourth-order valence-corrected chi connectivity index (χ4v) is 6.47. The number of fused-ring (bicyclic) bond motifs is 5. The SMILES string of the molecule is C[C@]12C[C@H](O)[C@]3(F)C4C=CC(=O)C=C4CCC3[C@@H]1C[C@@H](O)[C@]2(O)C(=O)CO. The van der Waals surface area contributed by atoms with Crippen LogP contribution in [0.5, 0.6) is 0 Å². The summed E-state index contributed by atoms with van der Waals surface area (Å²) in [7, 11) is 0. The molecular formula is C20H25FO6. The fraction of sp³-hybridized carbons (Fsp3) is 0.700. The van der Waals surface area contributed by atoms with Crippen molar-refractivity contribution in [2.75, 3.05) is 6.61 Å². The number of ketones is 2. The Morgan fingerprint density at radius 3 is 2.67 bits per heavy atom. The molecule has 0 aromatic carbocycles. The van der Waals surface area contributed by atoms with Crippen LogP contribution in [-0.2, 0) is 9.59 Å². The van der Waals surface area contributed by atoms with Crippen molar-refractivity contribution < 1.29 is 34.4 Å². The molecule has 0 aromatic heterocycles. The van der Waals surface area contributed by atoms with Gasteiger partial charge in [0.25, 0.3) is 0 Å². The molecule has 0 bridgehead atoms. The number of carbonyl (C=O) groups is 2. The van der Waals surface area contributed by atoms with Crippen LogP contribution in [-0.4, -0.2) is 62.1 Å². The zero-order valence-electron chi connectivity index (χ0n) is 15.1. The topological polar surface area (TPSA) is 115 Å². The number of aliphatic hydroxyl groups excluding tert-OH is 3. The highest BCUT2D eigenvalue weighted by molar-refractivity contribution is 6.01. The minimum Gasteiger partial charge on any atom is -0.390 e. The van der Waals surface area contributed by atoms with Crippen molar-refractivity contribution in [2.45, 2.75) is 56.1 Å². The van der Waals surface area contributed by atoms with Crippen molar-refractivity contribution in [3.63, 3.8) is 0 Å². The van der Waals surface area contributed by atoms with Crippen LogP contribution >= 0.6 is 0 Å². The highest BCUT2D eigenvalue weighted by Gasteiger charge is 2.74. The zero-order chi connectivity index (χ0) is 19.8. The first kappa shape index (κ1) is 18.9. The van der Waals surface area contributed by atoms with E-state index in [2.05, 4.69) is 0 Å². The summed E-state index contributed by atoms with van der Waals surface area (Å²) in [6.07, 6.45) is 2.00. The molecule has 0 radical (unpaired) electrons. The summed E-state index contributed by atoms with van der Waals surface area (Å²) in [6.45, 7) is 0.660. The van der Waals surface area contributed by atoms with Crippen LogP contribution in [0, 0.1) is 23.2 Å². The number of hydrogen-bond donors (Lipinski definition) is 4. The van der Waals surface area contributed by atoms with Crippen LogP contribution < -0.4 is 0 Å². The molecule has 3 saturated carbocycles. The summed E-state index contributed by atoms with van der Waals surface area (Å²) in [5.41, 5.74) is -4.84. The average Bonchev–Trinajstić information content (AvgIpc) is 2.82. The number of Topliss-reactive ketones (excluding diaryl/α,β-unsaturated/α-hetero) is 1. The Kier molecular flexibility index (Phi) is 4.06. The lowest BCUT2D eigenvalue weighted by Gasteiger charge is -2.59. The number of carbonyl (C=O) groups excluding carboxylic acids is 2. The molecule has 4 N–H and O–H groups in total. The summed E-state index contributed by atoms with van der Waals surface area (Å²) in [6, 6.07) is 0. The zero-order valence-corrected chi connectivity index (χ0v) is 15.1. The highest BCUT2D eigenvalue weighted by Crippen LogP contribution is 2.66. The largest absolute Gasteiger partial charge is 0.390 e. The molecule has 0 saturated heterocycles. The molecule has 2 unspecified atom stereocenters. The van der Waals surface area contributed by atoms with E-state index < -0.39 is 59.0 Å². The van der Waals surface area contributed by atoms with Crippen molar-refractivity contribution in [3.05, 3.63) is 23.8 Å². The number of rotatable bonds is 2. The van der Waals surface area contributed by atoms with Crippen LogP contribution in [0.4, 0.5) is 4.39 Å². The maximum Gasteiger partial charge on any atom is 0.192 e. The van der Waals surface area contributed by atoms with Crippen molar-refractivity contribution >= 4 is 11.6 Å². The predicted molar refractivity (Wildman–Crippen MR) is 92.2 cm³/mol. The number of alkyl halides is 1. The molecule has 4 aliphatic carbocycles. The van der Waals surface area contributed by atoms with E-state index in [4.69, 9.17) is 0 Å². The predicted octanol–water partition coefficient (Wildman–Crippen LogP) is 0.230. The lowest BCUT2D eigenvalue weighted by molar-refractivity contribution is -0.210. The lowest BCUT2D eigenvalue weighted by atomic mass is 9.48. The van der Waals surface area contributed by atoms with Crippen molar-refractivity contribution in [1.29, 1.82) is 0 Å². The Balaban J connectivity index is 1.79. The van der Waals surface area contributed by atoms with Gasteiger partial charge in [0.05, 0.1) is 12.2 Å². The van der Waals surface area contributed by atoms with Crippen LogP contribution in [0.2, 0.25) is 0 Å². The number of allylic oxidation sites excluding steroid dienone is 4. The standard InChI is InChI=1S/C20H25FO6/c1-18-8-16(25)19(21)12-5-3-11(23)6-10(12)2-4-13(19)14(18)7-15(24)20(18,27)17(26)9-22/h3,5-6,12-16,22,24-25,27H,2,4,7-9H2,1H3/t12?,13?,14-,15+,16-,18-,19-,20-/m0/s1. The molecule has 27 heavy (non-hydrogen) atoms. The van der Waals surface area contributed by atoms with Crippen LogP contribution in [0.3, 0.4) is 0 Å². The Morgan fingerprint density at radius 1 is 1.30 bits per heavy atom. The fourth-order valence-electron chi connectivity index (χ4n) is 6.47. The van der Waals surface area contributed by atoms with Gasteiger partial charge in [0.15, 0.2) is 17.2 Å². The third-order valence-corrected chi connectivity index (χ3v) is 7.80. The van der Waals surface area contributed by atoms with E-state index in [0.29, 0.717) is 18.4 Å². The number of hydrogen-bond acceptors (Lipinski definition) is 6. The third kappa shape index (κ3) is 2.14. The second kappa shape index (κ2) is 5.80. The van der Waals surface area contributed by atoms with Gasteiger partial charge in [0.2, 0.25) is 0 Å². The monoisotopic (exact) mass is 380 g/mol. The normalized spacial score (nSPS) is 51.3. The number of halogens is 1. The lowest BCUT2D eigenvalue weighted by Crippen LogP contribution is -2.67. The molecule has 148 valence electrons. The Morgan fingerprint density at radius 2 is 2.00 bits per heavy atom. The minimum atomic E-state index is -2.22. The van der Waals surface area contributed by atoms with Gasteiger partial charge in [-0.2, -0.15) is 0 Å². The molecule has 0 spiro atoms. The van der Waals surface area contributed by atoms with E-state index in [0.717, 1.165) is 0 Å². The molecule has 4 rings (SSSR count). The summed E-state index contributed by atoms with van der Waals surface area (Å²) in [5.74, 6) is -3.04. The molecule has 0 heterocycles. The second-order valence-electron chi connectivity index (χ2n) is 8.77. The van der Waals surface area contributed by atoms with E-state index in [1.54, 1.807) is 6.92 Å². The Labute approximate surface area is 156 Å². The van der Waals surface area contributed by atoms with Gasteiger partial charge in [-0.3, -0.25) is 9.59 Å². The molecule has 0 aliphatic heterocycles. The van der Waals surface area contributed by atoms with E-state index >= 15 is 4.39 Å². The smallest absolute Gasteiger partial charge is 0.192 e. The molecule has 0 aromatic rings. The number of aliphatic hydroxyl groups is 4. The van der Waals surface area contributed by atoms with Crippen molar-refractivity contribution in [2.24, 2.45) is 23.2 Å². The van der Waals surface area contributed by atoms with Gasteiger partial charge in [0, 0.05) is 17.3 Å². The summed E-state index contributed by atoms with van der Waals surface area (Å²) in [4.78, 5) is 24.0. The second-order valence-corrected chi connectivity index (χ2v) is 8.77. The average molecular weight is 380 g/mol. The molecular weight excluding hydrogens is 355 g/mol. The molecule has 3 fully saturated rings. The Bertz CT molecular complexity index is 762. The third-order valence-electron chi connectivity index (χ3n) is 7.80. The molecule has 0 amide bonds. The van der Waals surface area contributed by atoms with Crippen LogP contribution in [0.15, 0.2) is 23.8 Å². The van der Waals surface area contributed by atoms with E-state index in [9.17, 15) is 30.0 Å². The quantitative estimate of drug-likeness (QED) is 0.545. The van der Waals surface area contributed by atoms with Crippen LogP contribution in [0.1, 0.15) is 32.6 Å². The maximum atomic E-state index is 16.4. The van der Waals surface area contributed by atoms with Gasteiger partial charge in [-0.1, -0.05) is 18.6 Å². The van der Waals surface area contributed by atoms with Gasteiger partial charge in [-0.05, 0) is 43.8 Å². The first-order chi connectivity index (χ1) is 12.6. The van der Waals surface area contributed by atoms with Crippen LogP contribution in [0.25, 0.3) is 0 Å². The summed E-state index contributed by atoms with van der Waals surface area (Å²) in [5, 5.41) is 41.8. The van der Waals surface area contributed by atoms with Gasteiger partial charge >= 0.3 is 0 Å². The highest BCUT2D eigenvalue weighted by atomic mass is 19.1. The van der Waals surface area contributed by atoms with Gasteiger partial charge in [0.1, 0.15) is 12.3 Å². The van der Waals surface area contributed by atoms with Gasteiger partial charge < -0.3 is 20.4 Å². The minimum absolute atomic E-state index is 0.0240. The first-order valence-corrected chi connectivity index (χ1v) is 9.45. The van der Waals surface area contributed by atoms with E-state index in [1.165, 1.54) is 18.2 Å². The Hall–Kier alpha value is -1.41. The summed E-state index contributed by atoms with van der Waals surface area (Å²) >= 11 is 0. The van der Waals surface area contributed by atoms with Gasteiger partial charge in [-0.15, -0.1) is 0 Å². The summed E-state index contributed by atoms with van der Waals surface area (Å²) < 4.78 is 16.4. The molecule has 6 nitrogen and oxygen atoms in total. The maximum absolute atomic E-state index is 16.4. The van der Waals surface area contributed by atoms with E-state index in [-0.39, 0.29) is 18.6 Å². The van der Waals surface area contributed by atoms with Crippen molar-refractivity contribution in [3.8, 4) is 0 Å². The molecule has 8 atom stereocenters. The first-order valence-electron chi connectivity index (χ1n) is 9.45. The van der Waals surface area contributed by atoms with Gasteiger partial charge in [-0.25, -0.2) is 4.39 Å². The van der Waals surface area contributed by atoms with Crippen molar-refractivity contribution in [1.82, 2.24) is 0 Å². The molecule has 4 aliphatic rings.